The van der Waals surface area contributed by atoms with Gasteiger partial charge >= 0.3 is 5.69 Å². The van der Waals surface area contributed by atoms with Crippen LogP contribution in [0, 0.1) is 11.8 Å². The fourth-order valence-electron chi connectivity index (χ4n) is 4.18. The summed E-state index contributed by atoms with van der Waals surface area (Å²) in [5, 5.41) is 3.09. The number of methoxy groups -OCH3 is 1. The SMILES string of the molecule is COc1cc(C#CCn2c(=O)n(C)c(=O)c3c2nc(S(C)(=O)=O)n3C)cc(NCCN2CCOCC2)c1. The quantitative estimate of drug-likeness (QED) is 0.407. The minimum absolute atomic E-state index is 0.0115. The number of rotatable bonds is 7. The molecule has 3 heterocycles. The van der Waals surface area contributed by atoms with Crippen LogP contribution in [-0.4, -0.2) is 84.8 Å². The van der Waals surface area contributed by atoms with E-state index in [1.165, 1.54) is 23.2 Å². The third-order valence-corrected chi connectivity index (χ3v) is 7.15. The third-order valence-electron chi connectivity index (χ3n) is 6.12. The number of nitrogens with zero attached hydrogens (tertiary/aromatic N) is 5. The van der Waals surface area contributed by atoms with Crippen LogP contribution in [0.1, 0.15) is 5.56 Å². The lowest BCUT2D eigenvalue weighted by Crippen LogP contribution is -2.39. The molecule has 2 aromatic heterocycles. The van der Waals surface area contributed by atoms with Crippen molar-refractivity contribution in [3.63, 3.8) is 0 Å². The van der Waals surface area contributed by atoms with Gasteiger partial charge in [-0.1, -0.05) is 11.8 Å². The maximum Gasteiger partial charge on any atom is 0.333 e. The summed E-state index contributed by atoms with van der Waals surface area (Å²) in [7, 11) is 0.611. The van der Waals surface area contributed by atoms with Gasteiger partial charge in [0.2, 0.25) is 15.0 Å². The van der Waals surface area contributed by atoms with E-state index in [1.54, 1.807) is 13.2 Å². The number of benzene rings is 1. The fraction of sp³-hybridized carbons (Fsp3) is 0.458. The molecule has 0 bridgehead atoms. The number of aryl methyl sites for hydroxylation is 1. The number of fused-ring (bicyclic) bond motifs is 1. The number of hydrogen-bond donors (Lipinski definition) is 1. The highest BCUT2D eigenvalue weighted by Gasteiger charge is 2.23. The molecule has 13 heteroatoms. The van der Waals surface area contributed by atoms with Crippen molar-refractivity contribution in [2.24, 2.45) is 14.1 Å². The van der Waals surface area contributed by atoms with E-state index in [9.17, 15) is 18.0 Å². The van der Waals surface area contributed by atoms with Crippen LogP contribution in [0.5, 0.6) is 5.75 Å². The molecule has 0 spiro atoms. The predicted molar refractivity (Wildman–Crippen MR) is 139 cm³/mol. The Bertz CT molecular complexity index is 1600. The molecule has 1 N–H and O–H groups in total. The molecule has 4 rings (SSSR count). The number of nitrogens with one attached hydrogen (secondary N) is 1. The Morgan fingerprint density at radius 3 is 2.54 bits per heavy atom. The minimum Gasteiger partial charge on any atom is -0.497 e. The monoisotopic (exact) mass is 530 g/mol. The molecule has 0 saturated carbocycles. The Kier molecular flexibility index (Phi) is 7.72. The third kappa shape index (κ3) is 5.71. The number of sulfone groups is 1. The second kappa shape index (κ2) is 10.8. The van der Waals surface area contributed by atoms with Crippen molar-refractivity contribution in [1.82, 2.24) is 23.6 Å². The second-order valence-corrected chi connectivity index (χ2v) is 10.7. The summed E-state index contributed by atoms with van der Waals surface area (Å²) in [5.74, 6) is 6.60. The van der Waals surface area contributed by atoms with Gasteiger partial charge in [-0.05, 0) is 12.1 Å². The van der Waals surface area contributed by atoms with Crippen LogP contribution in [0.2, 0.25) is 0 Å². The van der Waals surface area contributed by atoms with Gasteiger partial charge in [0, 0.05) is 63.8 Å². The number of ether oxygens (including phenoxy) is 2. The van der Waals surface area contributed by atoms with Gasteiger partial charge in [-0.15, -0.1) is 0 Å². The first kappa shape index (κ1) is 26.5. The number of hydrogen-bond acceptors (Lipinski definition) is 9. The Morgan fingerprint density at radius 2 is 1.86 bits per heavy atom. The summed E-state index contributed by atoms with van der Waals surface area (Å²) in [6, 6.07) is 5.55. The average molecular weight is 531 g/mol. The maximum atomic E-state index is 12.8. The summed E-state index contributed by atoms with van der Waals surface area (Å²) >= 11 is 0. The van der Waals surface area contributed by atoms with Gasteiger partial charge < -0.3 is 19.4 Å². The topological polar surface area (TPSA) is 130 Å². The standard InChI is InChI=1S/C24H30N6O6S/c1-27-20-21(26-23(27)37(4,33)34)30(24(32)28(2)22(20)31)8-5-6-17-14-18(16-19(15-17)35-3)25-7-9-29-10-12-36-13-11-29/h14-16,25H,7-13H2,1-4H3. The molecule has 3 aromatic rings. The van der Waals surface area contributed by atoms with Crippen LogP contribution >= 0.6 is 0 Å². The van der Waals surface area contributed by atoms with Gasteiger partial charge in [0.25, 0.3) is 5.56 Å². The highest BCUT2D eigenvalue weighted by molar-refractivity contribution is 7.90. The van der Waals surface area contributed by atoms with Gasteiger partial charge in [-0.3, -0.25) is 18.8 Å². The number of imidazole rings is 1. The molecular weight excluding hydrogens is 500 g/mol. The van der Waals surface area contributed by atoms with Crippen molar-refractivity contribution < 1.29 is 17.9 Å². The summed E-state index contributed by atoms with van der Waals surface area (Å²) in [5.41, 5.74) is 0.232. The number of aromatic nitrogens is 4. The van der Waals surface area contributed by atoms with Crippen molar-refractivity contribution in [3.8, 4) is 17.6 Å². The molecule has 0 radical (unpaired) electrons. The van der Waals surface area contributed by atoms with Gasteiger partial charge in [-0.2, -0.15) is 4.98 Å². The Balaban J connectivity index is 1.61. The Labute approximate surface area is 214 Å². The van der Waals surface area contributed by atoms with Crippen LogP contribution in [0.4, 0.5) is 5.69 Å². The average Bonchev–Trinajstić information content (AvgIpc) is 3.22. The maximum absolute atomic E-state index is 12.8. The van der Waals surface area contributed by atoms with Crippen LogP contribution in [0.15, 0.2) is 32.9 Å². The van der Waals surface area contributed by atoms with Crippen LogP contribution in [-0.2, 0) is 35.2 Å². The van der Waals surface area contributed by atoms with E-state index in [-0.39, 0.29) is 22.9 Å². The minimum atomic E-state index is -3.72. The summed E-state index contributed by atoms with van der Waals surface area (Å²) in [4.78, 5) is 31.9. The zero-order valence-corrected chi connectivity index (χ0v) is 22.1. The van der Waals surface area contributed by atoms with Gasteiger partial charge in [0.1, 0.15) is 5.75 Å². The molecule has 1 aliphatic heterocycles. The normalized spacial score (nSPS) is 14.4. The molecule has 12 nitrogen and oxygen atoms in total. The van der Waals surface area contributed by atoms with E-state index in [0.717, 1.165) is 55.9 Å². The Hall–Kier alpha value is -3.60. The molecule has 0 aliphatic carbocycles. The van der Waals surface area contributed by atoms with Gasteiger partial charge in [0.05, 0.1) is 26.9 Å². The molecule has 0 amide bonds. The van der Waals surface area contributed by atoms with E-state index >= 15 is 0 Å². The summed E-state index contributed by atoms with van der Waals surface area (Å²) in [6.07, 6.45) is 0.996. The number of morpholine rings is 1. The Morgan fingerprint density at radius 1 is 1.14 bits per heavy atom. The fourth-order valence-corrected chi connectivity index (χ4v) is 5.02. The van der Waals surface area contributed by atoms with Crippen LogP contribution in [0.25, 0.3) is 11.2 Å². The molecule has 0 atom stereocenters. The molecule has 1 aromatic carbocycles. The lowest BCUT2D eigenvalue weighted by atomic mass is 10.2. The molecule has 198 valence electrons. The summed E-state index contributed by atoms with van der Waals surface area (Å²) in [6.45, 7) is 4.85. The largest absolute Gasteiger partial charge is 0.497 e. The molecule has 1 saturated heterocycles. The van der Waals surface area contributed by atoms with E-state index in [2.05, 4.69) is 27.0 Å². The number of anilines is 1. The van der Waals surface area contributed by atoms with Crippen molar-refractivity contribution in [1.29, 1.82) is 0 Å². The van der Waals surface area contributed by atoms with E-state index in [0.29, 0.717) is 11.3 Å². The molecule has 37 heavy (non-hydrogen) atoms. The molecule has 0 unspecified atom stereocenters. The highest BCUT2D eigenvalue weighted by Crippen LogP contribution is 2.20. The summed E-state index contributed by atoms with van der Waals surface area (Å²) < 4.78 is 38.4. The van der Waals surface area contributed by atoms with Crippen molar-refractivity contribution >= 4 is 26.7 Å². The first-order valence-electron chi connectivity index (χ1n) is 11.7. The lowest BCUT2D eigenvalue weighted by Gasteiger charge is -2.26. The first-order chi connectivity index (χ1) is 17.6. The van der Waals surface area contributed by atoms with Crippen molar-refractivity contribution in [3.05, 3.63) is 44.6 Å². The van der Waals surface area contributed by atoms with E-state index in [1.807, 2.05) is 12.1 Å². The zero-order valence-electron chi connectivity index (χ0n) is 21.3. The highest BCUT2D eigenvalue weighted by atomic mass is 32.2. The predicted octanol–water partition coefficient (Wildman–Crippen LogP) is -0.358. The van der Waals surface area contributed by atoms with Crippen molar-refractivity contribution in [2.75, 3.05) is 58.1 Å². The van der Waals surface area contributed by atoms with E-state index < -0.39 is 21.1 Å². The van der Waals surface area contributed by atoms with E-state index in [4.69, 9.17) is 9.47 Å². The van der Waals surface area contributed by atoms with Gasteiger partial charge in [0.15, 0.2) is 11.2 Å². The molecule has 1 aliphatic rings. The molecule has 1 fully saturated rings. The zero-order chi connectivity index (χ0) is 26.7. The molecular formula is C24H30N6O6S. The second-order valence-electron chi connectivity index (χ2n) is 8.76. The van der Waals surface area contributed by atoms with Gasteiger partial charge in [-0.25, -0.2) is 13.2 Å². The van der Waals surface area contributed by atoms with Crippen molar-refractivity contribution in [2.45, 2.75) is 11.7 Å². The first-order valence-corrected chi connectivity index (χ1v) is 13.6. The van der Waals surface area contributed by atoms with Crippen LogP contribution < -0.4 is 21.3 Å². The van der Waals surface area contributed by atoms with Crippen LogP contribution in [0.3, 0.4) is 0 Å². The lowest BCUT2D eigenvalue weighted by molar-refractivity contribution is 0.0398. The smallest absolute Gasteiger partial charge is 0.333 e.